The van der Waals surface area contributed by atoms with E-state index in [1.807, 2.05) is 24.6 Å². The Bertz CT molecular complexity index is 663. The van der Waals surface area contributed by atoms with Crippen LogP contribution in [0.2, 0.25) is 13.1 Å². The molecule has 0 aromatic carbocycles. The Hall–Kier alpha value is -1.47. The number of carbonyl (C=O) groups excluding carboxylic acids is 2. The molecular weight excluding hydrogens is 346 g/mol. The number of Topliss-reactive ketones (excluding diaryl/α,β-unsaturated/α-hetero) is 1. The third-order valence-corrected chi connectivity index (χ3v) is 6.05. The van der Waals surface area contributed by atoms with Gasteiger partial charge in [0, 0.05) is 31.3 Å². The molecule has 26 heavy (non-hydrogen) atoms. The molecule has 1 aromatic heterocycles. The van der Waals surface area contributed by atoms with Gasteiger partial charge in [-0.1, -0.05) is 20.8 Å². The predicted molar refractivity (Wildman–Crippen MR) is 105 cm³/mol. The van der Waals surface area contributed by atoms with Gasteiger partial charge in [0.15, 0.2) is 14.8 Å². The summed E-state index contributed by atoms with van der Waals surface area (Å²) in [5.41, 5.74) is 1.41. The number of β-lactam (4-membered cyclic amide) rings is 1. The van der Waals surface area contributed by atoms with Gasteiger partial charge < -0.3 is 9.74 Å². The van der Waals surface area contributed by atoms with E-state index in [9.17, 15) is 9.59 Å². The largest absolute Gasteiger partial charge is 0.420 e. The summed E-state index contributed by atoms with van der Waals surface area (Å²) in [6.07, 6.45) is 0.294. The fourth-order valence-electron chi connectivity index (χ4n) is 3.56. The van der Waals surface area contributed by atoms with Gasteiger partial charge in [-0.25, -0.2) is 0 Å². The summed E-state index contributed by atoms with van der Waals surface area (Å²) >= 11 is 0. The number of amides is 1. The van der Waals surface area contributed by atoms with Crippen LogP contribution >= 0.6 is 0 Å². The molecule has 7 heteroatoms. The topological polar surface area (TPSA) is 73.2 Å². The van der Waals surface area contributed by atoms with Crippen LogP contribution in [0.15, 0.2) is 6.07 Å². The number of hydrogen-bond acceptors (Lipinski definition) is 4. The van der Waals surface area contributed by atoms with E-state index in [2.05, 4.69) is 44.3 Å². The normalized spacial score (nSPS) is 21.5. The van der Waals surface area contributed by atoms with Gasteiger partial charge in [0.1, 0.15) is 5.69 Å². The number of nitrogens with zero attached hydrogens (tertiary/aromatic N) is 2. The molecule has 3 atom stereocenters. The highest BCUT2D eigenvalue weighted by Crippen LogP contribution is 2.39. The van der Waals surface area contributed by atoms with Crippen LogP contribution in [-0.4, -0.2) is 43.2 Å². The molecule has 1 saturated heterocycles. The van der Waals surface area contributed by atoms with Crippen LogP contribution in [0.1, 0.15) is 50.3 Å². The number of nitrogens with one attached hydrogen (secondary N) is 1. The lowest BCUT2D eigenvalue weighted by molar-refractivity contribution is -0.141. The Morgan fingerprint density at radius 2 is 2.08 bits per heavy atom. The van der Waals surface area contributed by atoms with Crippen LogP contribution in [0.3, 0.4) is 0 Å². The zero-order valence-electron chi connectivity index (χ0n) is 17.1. The van der Waals surface area contributed by atoms with Crippen LogP contribution < -0.4 is 5.32 Å². The molecule has 1 aliphatic rings. The van der Waals surface area contributed by atoms with E-state index in [4.69, 9.17) is 4.43 Å². The molecule has 0 radical (unpaired) electrons. The molecule has 0 spiro atoms. The molecule has 1 amide bonds. The number of ketones is 1. The van der Waals surface area contributed by atoms with Crippen molar-refractivity contribution in [1.82, 2.24) is 15.1 Å². The number of aryl methyl sites for hydroxylation is 2. The fraction of sp³-hybridized carbons (Fsp3) is 0.737. The second kappa shape index (κ2) is 8.04. The van der Waals surface area contributed by atoms with Crippen molar-refractivity contribution in [3.8, 4) is 0 Å². The Balaban J connectivity index is 2.11. The van der Waals surface area contributed by atoms with Crippen LogP contribution in [0.5, 0.6) is 0 Å². The molecule has 0 bridgehead atoms. The SMILES string of the molecule is CCn1nc(C(=O)C[C@H]2NC(=O)[C@H]2[C@@H](CO[SiH](C)C)C(C)(C)C)cc1C. The van der Waals surface area contributed by atoms with Gasteiger partial charge in [-0.05, 0) is 44.3 Å². The van der Waals surface area contributed by atoms with Crippen molar-refractivity contribution in [3.05, 3.63) is 17.5 Å². The Morgan fingerprint density at radius 1 is 1.42 bits per heavy atom. The van der Waals surface area contributed by atoms with Gasteiger partial charge in [-0.3, -0.25) is 14.3 Å². The first-order valence-corrected chi connectivity index (χ1v) is 12.3. The van der Waals surface area contributed by atoms with Gasteiger partial charge in [-0.2, -0.15) is 5.10 Å². The minimum Gasteiger partial charge on any atom is -0.420 e. The molecule has 0 saturated carbocycles. The Kier molecular flexibility index (Phi) is 6.45. The first kappa shape index (κ1) is 20.8. The summed E-state index contributed by atoms with van der Waals surface area (Å²) in [7, 11) is -1.16. The summed E-state index contributed by atoms with van der Waals surface area (Å²) in [5, 5.41) is 7.30. The average molecular weight is 380 g/mol. The van der Waals surface area contributed by atoms with Gasteiger partial charge in [0.05, 0.1) is 5.92 Å². The third kappa shape index (κ3) is 4.62. The number of carbonyl (C=O) groups is 2. The minimum atomic E-state index is -1.16. The molecule has 0 aliphatic carbocycles. The van der Waals surface area contributed by atoms with Crippen molar-refractivity contribution >= 4 is 20.7 Å². The molecule has 6 nitrogen and oxygen atoms in total. The second-order valence-corrected chi connectivity index (χ2v) is 11.0. The molecular formula is C19H33N3O3Si. The maximum absolute atomic E-state index is 12.7. The highest BCUT2D eigenvalue weighted by atomic mass is 28.3. The fourth-order valence-corrected chi connectivity index (χ4v) is 4.15. The molecule has 1 aliphatic heterocycles. The molecule has 1 N–H and O–H groups in total. The Labute approximate surface area is 158 Å². The first-order chi connectivity index (χ1) is 12.0. The van der Waals surface area contributed by atoms with E-state index in [0.29, 0.717) is 18.7 Å². The quantitative estimate of drug-likeness (QED) is 0.428. The van der Waals surface area contributed by atoms with Crippen LogP contribution in [0, 0.1) is 24.2 Å². The van der Waals surface area contributed by atoms with Crippen LogP contribution in [0.25, 0.3) is 0 Å². The second-order valence-electron chi connectivity index (χ2n) is 8.61. The Morgan fingerprint density at radius 3 is 2.54 bits per heavy atom. The van der Waals surface area contributed by atoms with Gasteiger partial charge in [-0.15, -0.1) is 0 Å². The first-order valence-electron chi connectivity index (χ1n) is 9.54. The van der Waals surface area contributed by atoms with Gasteiger partial charge in [0.25, 0.3) is 0 Å². The summed E-state index contributed by atoms with van der Waals surface area (Å²) < 4.78 is 7.79. The lowest BCUT2D eigenvalue weighted by Crippen LogP contribution is -2.63. The highest BCUT2D eigenvalue weighted by Gasteiger charge is 2.49. The lowest BCUT2D eigenvalue weighted by atomic mass is 9.66. The van der Waals surface area contributed by atoms with Crippen molar-refractivity contribution in [2.45, 2.75) is 66.7 Å². The van der Waals surface area contributed by atoms with E-state index in [0.717, 1.165) is 12.2 Å². The van der Waals surface area contributed by atoms with Crippen molar-refractivity contribution in [1.29, 1.82) is 0 Å². The van der Waals surface area contributed by atoms with Crippen molar-refractivity contribution < 1.29 is 14.0 Å². The predicted octanol–water partition coefficient (Wildman–Crippen LogP) is 2.56. The molecule has 1 aromatic rings. The number of rotatable bonds is 8. The van der Waals surface area contributed by atoms with E-state index >= 15 is 0 Å². The number of aromatic nitrogens is 2. The van der Waals surface area contributed by atoms with Crippen molar-refractivity contribution in [2.24, 2.45) is 17.3 Å². The molecule has 146 valence electrons. The van der Waals surface area contributed by atoms with Crippen LogP contribution in [-0.2, 0) is 15.8 Å². The highest BCUT2D eigenvalue weighted by molar-refractivity contribution is 6.48. The van der Waals surface area contributed by atoms with Crippen molar-refractivity contribution in [2.75, 3.05) is 6.61 Å². The standard InChI is InChI=1S/C19H33N3O3Si/c1-8-22-12(2)9-14(21-22)16(23)10-15-17(18(24)20-15)13(19(3,4)5)11-25-26(6)7/h9,13,15,17,26H,8,10-11H2,1-7H3,(H,20,24)/t13-,15-,17+/m1/s1. The maximum atomic E-state index is 12.7. The zero-order valence-corrected chi connectivity index (χ0v) is 18.3. The average Bonchev–Trinajstić information content (AvgIpc) is 2.90. The molecule has 0 unspecified atom stereocenters. The molecule has 2 heterocycles. The zero-order chi connectivity index (χ0) is 19.6. The van der Waals surface area contributed by atoms with Crippen LogP contribution in [0.4, 0.5) is 0 Å². The third-order valence-electron chi connectivity index (χ3n) is 5.19. The van der Waals surface area contributed by atoms with Gasteiger partial charge >= 0.3 is 0 Å². The van der Waals surface area contributed by atoms with E-state index in [-0.39, 0.29) is 35.0 Å². The monoisotopic (exact) mass is 379 g/mol. The molecule has 2 rings (SSSR count). The van der Waals surface area contributed by atoms with Gasteiger partial charge in [0.2, 0.25) is 5.91 Å². The molecule has 1 fully saturated rings. The van der Waals surface area contributed by atoms with E-state index in [1.54, 1.807) is 0 Å². The summed E-state index contributed by atoms with van der Waals surface area (Å²) in [5.74, 6) is -0.0610. The van der Waals surface area contributed by atoms with Crippen molar-refractivity contribution in [3.63, 3.8) is 0 Å². The number of hydrogen-bond donors (Lipinski definition) is 1. The summed E-state index contributed by atoms with van der Waals surface area (Å²) in [6.45, 7) is 16.0. The minimum absolute atomic E-state index is 0.0119. The lowest BCUT2D eigenvalue weighted by Gasteiger charge is -2.46. The summed E-state index contributed by atoms with van der Waals surface area (Å²) in [6, 6.07) is 1.69. The summed E-state index contributed by atoms with van der Waals surface area (Å²) in [4.78, 5) is 25.0. The maximum Gasteiger partial charge on any atom is 0.225 e. The smallest absolute Gasteiger partial charge is 0.225 e. The van der Waals surface area contributed by atoms with E-state index < -0.39 is 9.04 Å². The van der Waals surface area contributed by atoms with E-state index in [1.165, 1.54) is 0 Å².